The van der Waals surface area contributed by atoms with Gasteiger partial charge in [0.1, 0.15) is 0 Å². The Balaban J connectivity index is 1.92. The molecule has 0 bridgehead atoms. The summed E-state index contributed by atoms with van der Waals surface area (Å²) in [5, 5.41) is 9.06. The van der Waals surface area contributed by atoms with Crippen LogP contribution in [0.5, 0.6) is 0 Å². The third-order valence-corrected chi connectivity index (χ3v) is 2.45. The van der Waals surface area contributed by atoms with Crippen LogP contribution in [0, 0.1) is 0 Å². The van der Waals surface area contributed by atoms with Crippen molar-refractivity contribution in [3.8, 4) is 0 Å². The lowest BCUT2D eigenvalue weighted by Crippen LogP contribution is -2.36. The molecule has 1 heterocycles. The van der Waals surface area contributed by atoms with Crippen molar-refractivity contribution in [3.63, 3.8) is 0 Å². The molecule has 1 saturated heterocycles. The topological polar surface area (TPSA) is 32.7 Å². The molecule has 0 saturated carbocycles. The van der Waals surface area contributed by atoms with E-state index in [9.17, 15) is 0 Å². The van der Waals surface area contributed by atoms with Crippen molar-refractivity contribution in [1.82, 2.24) is 4.90 Å². The van der Waals surface area contributed by atoms with Gasteiger partial charge in [-0.15, -0.1) is 0 Å². The van der Waals surface area contributed by atoms with Gasteiger partial charge < -0.3 is 9.84 Å². The molecule has 0 aromatic rings. The van der Waals surface area contributed by atoms with E-state index in [-0.39, 0.29) is 6.10 Å². The van der Waals surface area contributed by atoms with Crippen molar-refractivity contribution >= 4 is 0 Å². The van der Waals surface area contributed by atoms with Crippen LogP contribution in [0.4, 0.5) is 0 Å². The zero-order chi connectivity index (χ0) is 9.52. The number of ether oxygens (including phenoxy) is 1. The fourth-order valence-electron chi connectivity index (χ4n) is 1.60. The Morgan fingerprint density at radius 2 is 2.00 bits per heavy atom. The van der Waals surface area contributed by atoms with E-state index in [1.807, 2.05) is 6.92 Å². The second kappa shape index (κ2) is 6.35. The lowest BCUT2D eigenvalue weighted by Gasteiger charge is -2.26. The second-order valence-electron chi connectivity index (χ2n) is 3.80. The summed E-state index contributed by atoms with van der Waals surface area (Å²) in [6.07, 6.45) is 3.13. The average Bonchev–Trinajstić information content (AvgIpc) is 2.14. The summed E-state index contributed by atoms with van der Waals surface area (Å²) in [6, 6.07) is 0. The van der Waals surface area contributed by atoms with Gasteiger partial charge in [0.2, 0.25) is 0 Å². The SMILES string of the molecule is CC(O)CCCCN1CCOCC1. The number of unbranched alkanes of at least 4 members (excludes halogenated alkanes) is 1. The molecule has 3 heteroatoms. The van der Waals surface area contributed by atoms with Gasteiger partial charge in [-0.1, -0.05) is 0 Å². The lowest BCUT2D eigenvalue weighted by atomic mass is 10.1. The van der Waals surface area contributed by atoms with Crippen molar-refractivity contribution in [2.45, 2.75) is 32.3 Å². The predicted octanol–water partition coefficient (Wildman–Crippen LogP) is 0.870. The molecule has 1 N–H and O–H groups in total. The maximum atomic E-state index is 9.06. The zero-order valence-corrected chi connectivity index (χ0v) is 8.54. The number of hydrogen-bond donors (Lipinski definition) is 1. The molecule has 0 aromatic heterocycles. The van der Waals surface area contributed by atoms with Crippen LogP contribution < -0.4 is 0 Å². The number of aliphatic hydroxyl groups is 1. The van der Waals surface area contributed by atoms with Crippen LogP contribution in [-0.4, -0.2) is 49.0 Å². The largest absolute Gasteiger partial charge is 0.393 e. The fourth-order valence-corrected chi connectivity index (χ4v) is 1.60. The van der Waals surface area contributed by atoms with Crippen molar-refractivity contribution in [2.75, 3.05) is 32.8 Å². The molecule has 1 aliphatic rings. The summed E-state index contributed by atoms with van der Waals surface area (Å²) in [6.45, 7) is 6.95. The first kappa shape index (κ1) is 11.0. The molecule has 0 amide bonds. The highest BCUT2D eigenvalue weighted by Crippen LogP contribution is 2.03. The predicted molar refractivity (Wildman–Crippen MR) is 52.8 cm³/mol. The average molecular weight is 187 g/mol. The standard InChI is InChI=1S/C10H21NO2/c1-10(12)4-2-3-5-11-6-8-13-9-7-11/h10,12H,2-9H2,1H3. The van der Waals surface area contributed by atoms with Crippen LogP contribution in [0.2, 0.25) is 0 Å². The van der Waals surface area contributed by atoms with Gasteiger partial charge in [0.15, 0.2) is 0 Å². The monoisotopic (exact) mass is 187 g/mol. The normalized spacial score (nSPS) is 21.7. The minimum absolute atomic E-state index is 0.135. The summed E-state index contributed by atoms with van der Waals surface area (Å²) < 4.78 is 5.26. The number of aliphatic hydroxyl groups excluding tert-OH is 1. The second-order valence-corrected chi connectivity index (χ2v) is 3.80. The maximum absolute atomic E-state index is 9.06. The molecular weight excluding hydrogens is 166 g/mol. The van der Waals surface area contributed by atoms with Gasteiger partial charge in [0.25, 0.3) is 0 Å². The Hall–Kier alpha value is -0.120. The van der Waals surface area contributed by atoms with Crippen LogP contribution in [-0.2, 0) is 4.74 Å². The van der Waals surface area contributed by atoms with E-state index in [1.54, 1.807) is 0 Å². The molecule has 1 aliphatic heterocycles. The minimum Gasteiger partial charge on any atom is -0.393 e. The van der Waals surface area contributed by atoms with Crippen molar-refractivity contribution in [2.24, 2.45) is 0 Å². The molecule has 3 nitrogen and oxygen atoms in total. The molecule has 78 valence electrons. The first-order valence-electron chi connectivity index (χ1n) is 5.27. The Morgan fingerprint density at radius 1 is 1.31 bits per heavy atom. The van der Waals surface area contributed by atoms with Gasteiger partial charge in [-0.25, -0.2) is 0 Å². The Labute approximate surface area is 80.7 Å². The van der Waals surface area contributed by atoms with Gasteiger partial charge >= 0.3 is 0 Å². The van der Waals surface area contributed by atoms with Crippen LogP contribution >= 0.6 is 0 Å². The molecule has 0 aliphatic carbocycles. The van der Waals surface area contributed by atoms with E-state index in [0.717, 1.165) is 45.7 Å². The quantitative estimate of drug-likeness (QED) is 0.648. The molecule has 13 heavy (non-hydrogen) atoms. The molecular formula is C10H21NO2. The number of nitrogens with zero attached hydrogens (tertiary/aromatic N) is 1. The van der Waals surface area contributed by atoms with E-state index in [1.165, 1.54) is 6.42 Å². The van der Waals surface area contributed by atoms with Crippen LogP contribution in [0.25, 0.3) is 0 Å². The van der Waals surface area contributed by atoms with Crippen molar-refractivity contribution < 1.29 is 9.84 Å². The summed E-state index contributed by atoms with van der Waals surface area (Å²) in [4.78, 5) is 2.44. The highest BCUT2D eigenvalue weighted by molar-refractivity contribution is 4.61. The van der Waals surface area contributed by atoms with E-state index in [0.29, 0.717) is 0 Å². The van der Waals surface area contributed by atoms with Crippen LogP contribution in [0.15, 0.2) is 0 Å². The molecule has 1 fully saturated rings. The van der Waals surface area contributed by atoms with Crippen molar-refractivity contribution in [3.05, 3.63) is 0 Å². The van der Waals surface area contributed by atoms with Gasteiger partial charge in [-0.05, 0) is 32.7 Å². The molecule has 1 rings (SSSR count). The summed E-state index contributed by atoms with van der Waals surface area (Å²) in [7, 11) is 0. The molecule has 0 aromatic carbocycles. The molecule has 0 radical (unpaired) electrons. The first-order chi connectivity index (χ1) is 6.29. The van der Waals surface area contributed by atoms with E-state index < -0.39 is 0 Å². The number of morpholine rings is 1. The van der Waals surface area contributed by atoms with Crippen molar-refractivity contribution in [1.29, 1.82) is 0 Å². The van der Waals surface area contributed by atoms with Crippen LogP contribution in [0.3, 0.4) is 0 Å². The van der Waals surface area contributed by atoms with Crippen LogP contribution in [0.1, 0.15) is 26.2 Å². The maximum Gasteiger partial charge on any atom is 0.0594 e. The van der Waals surface area contributed by atoms with Gasteiger partial charge in [-0.3, -0.25) is 4.90 Å². The molecule has 0 spiro atoms. The highest BCUT2D eigenvalue weighted by Gasteiger charge is 2.09. The summed E-state index contributed by atoms with van der Waals surface area (Å²) in [5.74, 6) is 0. The smallest absolute Gasteiger partial charge is 0.0594 e. The minimum atomic E-state index is -0.135. The lowest BCUT2D eigenvalue weighted by molar-refractivity contribution is 0.0367. The zero-order valence-electron chi connectivity index (χ0n) is 8.54. The molecule has 1 atom stereocenters. The third kappa shape index (κ3) is 5.24. The third-order valence-electron chi connectivity index (χ3n) is 2.45. The van der Waals surface area contributed by atoms with Gasteiger partial charge in [-0.2, -0.15) is 0 Å². The summed E-state index contributed by atoms with van der Waals surface area (Å²) >= 11 is 0. The number of hydrogen-bond acceptors (Lipinski definition) is 3. The van der Waals surface area contributed by atoms with E-state index in [4.69, 9.17) is 9.84 Å². The highest BCUT2D eigenvalue weighted by atomic mass is 16.5. The fraction of sp³-hybridized carbons (Fsp3) is 1.00. The van der Waals surface area contributed by atoms with Gasteiger partial charge in [0.05, 0.1) is 19.3 Å². The van der Waals surface area contributed by atoms with E-state index >= 15 is 0 Å². The Kier molecular flexibility index (Phi) is 5.35. The number of rotatable bonds is 5. The summed E-state index contributed by atoms with van der Waals surface area (Å²) in [5.41, 5.74) is 0. The van der Waals surface area contributed by atoms with E-state index in [2.05, 4.69) is 4.90 Å². The molecule has 1 unspecified atom stereocenters. The first-order valence-corrected chi connectivity index (χ1v) is 5.27. The van der Waals surface area contributed by atoms with Gasteiger partial charge in [0, 0.05) is 13.1 Å². The Bertz CT molecular complexity index is 122. The Morgan fingerprint density at radius 3 is 2.62 bits per heavy atom.